The van der Waals surface area contributed by atoms with Crippen molar-refractivity contribution in [2.24, 2.45) is 5.73 Å². The predicted molar refractivity (Wildman–Crippen MR) is 100 cm³/mol. The summed E-state index contributed by atoms with van der Waals surface area (Å²) < 4.78 is 0. The van der Waals surface area contributed by atoms with Gasteiger partial charge in [0.2, 0.25) is 0 Å². The number of carbonyl (C=O) groups is 1. The van der Waals surface area contributed by atoms with Gasteiger partial charge in [-0.05, 0) is 28.7 Å². The van der Waals surface area contributed by atoms with Gasteiger partial charge in [-0.1, -0.05) is 84.9 Å². The molecule has 0 amide bonds. The van der Waals surface area contributed by atoms with Gasteiger partial charge >= 0.3 is 5.97 Å². The average Bonchev–Trinajstić information content (AvgIpc) is 2.67. The minimum atomic E-state index is -0.981. The second-order valence-corrected chi connectivity index (χ2v) is 6.15. The minimum Gasteiger partial charge on any atom is -0.480 e. The van der Waals surface area contributed by atoms with Gasteiger partial charge in [0.1, 0.15) is 6.04 Å². The molecule has 0 aliphatic heterocycles. The van der Waals surface area contributed by atoms with Crippen LogP contribution in [0.5, 0.6) is 0 Å². The first kappa shape index (κ1) is 16.9. The van der Waals surface area contributed by atoms with Crippen LogP contribution in [0.3, 0.4) is 0 Å². The number of nitrogens with two attached hydrogens (primary N) is 1. The summed E-state index contributed by atoms with van der Waals surface area (Å²) in [6.45, 7) is 0. The van der Waals surface area contributed by atoms with E-state index >= 15 is 0 Å². The van der Waals surface area contributed by atoms with Crippen molar-refractivity contribution < 1.29 is 9.90 Å². The fourth-order valence-electron chi connectivity index (χ4n) is 3.07. The van der Waals surface area contributed by atoms with Gasteiger partial charge in [-0.2, -0.15) is 0 Å². The van der Waals surface area contributed by atoms with E-state index in [1.54, 1.807) is 0 Å². The van der Waals surface area contributed by atoms with Crippen LogP contribution >= 0.6 is 0 Å². The van der Waals surface area contributed by atoms with Crippen molar-refractivity contribution >= 4 is 5.97 Å². The highest BCUT2D eigenvalue weighted by molar-refractivity contribution is 5.75. The Morgan fingerprint density at radius 1 is 0.840 bits per heavy atom. The molecule has 0 bridgehead atoms. The van der Waals surface area contributed by atoms with E-state index in [0.29, 0.717) is 6.42 Å². The smallest absolute Gasteiger partial charge is 0.321 e. The van der Waals surface area contributed by atoms with E-state index in [1.807, 2.05) is 84.9 Å². The van der Waals surface area contributed by atoms with Crippen LogP contribution < -0.4 is 5.73 Å². The van der Waals surface area contributed by atoms with Crippen LogP contribution in [0.2, 0.25) is 0 Å². The third-order valence-electron chi connectivity index (χ3n) is 4.44. The van der Waals surface area contributed by atoms with E-state index < -0.39 is 12.0 Å². The van der Waals surface area contributed by atoms with Gasteiger partial charge in [-0.15, -0.1) is 0 Å². The molecule has 0 unspecified atom stereocenters. The van der Waals surface area contributed by atoms with Gasteiger partial charge < -0.3 is 10.8 Å². The van der Waals surface area contributed by atoms with Crippen LogP contribution in [0, 0.1) is 0 Å². The first-order valence-corrected chi connectivity index (χ1v) is 8.33. The molecule has 0 saturated heterocycles. The third kappa shape index (κ3) is 4.14. The minimum absolute atomic E-state index is 0.288. The summed E-state index contributed by atoms with van der Waals surface area (Å²) in [5, 5.41) is 9.45. The maximum Gasteiger partial charge on any atom is 0.321 e. The predicted octanol–water partition coefficient (Wildman–Crippen LogP) is 4.09. The van der Waals surface area contributed by atoms with E-state index in [9.17, 15) is 9.90 Å². The molecule has 3 aromatic carbocycles. The van der Waals surface area contributed by atoms with Crippen molar-refractivity contribution in [3.05, 3.63) is 96.1 Å². The van der Waals surface area contributed by atoms with E-state index in [-0.39, 0.29) is 5.92 Å². The Morgan fingerprint density at radius 2 is 1.44 bits per heavy atom. The Labute approximate surface area is 147 Å². The number of hydrogen-bond donors (Lipinski definition) is 2. The lowest BCUT2D eigenvalue weighted by Gasteiger charge is -2.22. The zero-order valence-electron chi connectivity index (χ0n) is 13.9. The molecule has 0 fully saturated rings. The van der Waals surface area contributed by atoms with Gasteiger partial charge in [0.05, 0.1) is 0 Å². The van der Waals surface area contributed by atoms with Gasteiger partial charge in [-0.3, -0.25) is 4.79 Å². The largest absolute Gasteiger partial charge is 0.480 e. The second-order valence-electron chi connectivity index (χ2n) is 6.15. The summed E-state index contributed by atoms with van der Waals surface area (Å²) in [4.78, 5) is 11.5. The molecule has 3 N–H and O–H groups in total. The van der Waals surface area contributed by atoms with Crippen molar-refractivity contribution in [2.45, 2.75) is 18.4 Å². The number of hydrogen-bond acceptors (Lipinski definition) is 2. The van der Waals surface area contributed by atoms with Crippen LogP contribution in [0.4, 0.5) is 0 Å². The zero-order chi connectivity index (χ0) is 17.6. The molecular weight excluding hydrogens is 310 g/mol. The van der Waals surface area contributed by atoms with Gasteiger partial charge in [0, 0.05) is 5.92 Å². The van der Waals surface area contributed by atoms with Crippen LogP contribution in [0.15, 0.2) is 84.9 Å². The molecule has 0 aliphatic carbocycles. The second kappa shape index (κ2) is 7.77. The van der Waals surface area contributed by atoms with Crippen molar-refractivity contribution in [3.63, 3.8) is 0 Å². The normalized spacial score (nSPS) is 13.2. The summed E-state index contributed by atoms with van der Waals surface area (Å²) >= 11 is 0. The molecule has 126 valence electrons. The Morgan fingerprint density at radius 3 is 2.08 bits per heavy atom. The SMILES string of the molecule is N[C@@H](C(=O)O)[C@@H](Cc1ccccc1)c1cccc(-c2ccccc2)c1. The topological polar surface area (TPSA) is 63.3 Å². The molecule has 0 saturated carbocycles. The van der Waals surface area contributed by atoms with Gasteiger partial charge in [0.25, 0.3) is 0 Å². The molecule has 0 heterocycles. The maximum absolute atomic E-state index is 11.5. The Hall–Kier alpha value is -2.91. The molecule has 25 heavy (non-hydrogen) atoms. The van der Waals surface area contributed by atoms with Crippen molar-refractivity contribution in [2.75, 3.05) is 0 Å². The molecule has 0 aliphatic rings. The molecule has 2 atom stereocenters. The molecule has 0 aromatic heterocycles. The summed E-state index contributed by atoms with van der Waals surface area (Å²) in [5.74, 6) is -1.27. The zero-order valence-corrected chi connectivity index (χ0v) is 13.9. The molecule has 3 nitrogen and oxygen atoms in total. The highest BCUT2D eigenvalue weighted by Crippen LogP contribution is 2.28. The molecule has 0 radical (unpaired) electrons. The maximum atomic E-state index is 11.5. The van der Waals surface area contributed by atoms with Crippen molar-refractivity contribution in [1.82, 2.24) is 0 Å². The van der Waals surface area contributed by atoms with E-state index in [0.717, 1.165) is 22.3 Å². The number of benzene rings is 3. The third-order valence-corrected chi connectivity index (χ3v) is 4.44. The van der Waals surface area contributed by atoms with Crippen LogP contribution in [-0.2, 0) is 11.2 Å². The number of carboxylic acids is 1. The van der Waals surface area contributed by atoms with Gasteiger partial charge in [-0.25, -0.2) is 0 Å². The monoisotopic (exact) mass is 331 g/mol. The van der Waals surface area contributed by atoms with E-state index in [1.165, 1.54) is 0 Å². The number of carboxylic acid groups (broad SMARTS) is 1. The standard InChI is InChI=1S/C22H21NO2/c23-21(22(24)25)20(14-16-8-3-1-4-9-16)19-13-7-12-18(15-19)17-10-5-2-6-11-17/h1-13,15,20-21H,14,23H2,(H,24,25)/t20-,21+/m0/s1. The lowest BCUT2D eigenvalue weighted by atomic mass is 9.85. The van der Waals surface area contributed by atoms with E-state index in [4.69, 9.17) is 5.73 Å². The lowest BCUT2D eigenvalue weighted by Crippen LogP contribution is -2.37. The van der Waals surface area contributed by atoms with Crippen LogP contribution in [0.1, 0.15) is 17.0 Å². The molecule has 3 rings (SSSR count). The highest BCUT2D eigenvalue weighted by Gasteiger charge is 2.26. The van der Waals surface area contributed by atoms with Crippen molar-refractivity contribution in [3.8, 4) is 11.1 Å². The number of rotatable bonds is 6. The summed E-state index contributed by atoms with van der Waals surface area (Å²) in [7, 11) is 0. The fraction of sp³-hybridized carbons (Fsp3) is 0.136. The molecule has 3 aromatic rings. The van der Waals surface area contributed by atoms with Crippen molar-refractivity contribution in [1.29, 1.82) is 0 Å². The first-order chi connectivity index (χ1) is 12.1. The first-order valence-electron chi connectivity index (χ1n) is 8.33. The Balaban J connectivity index is 1.97. The summed E-state index contributed by atoms with van der Waals surface area (Å²) in [5.41, 5.74) is 10.2. The average molecular weight is 331 g/mol. The Bertz CT molecular complexity index is 831. The molecule has 3 heteroatoms. The molecule has 0 spiro atoms. The summed E-state index contributed by atoms with van der Waals surface area (Å²) in [6, 6.07) is 27.0. The lowest BCUT2D eigenvalue weighted by molar-refractivity contribution is -0.139. The molecular formula is C22H21NO2. The highest BCUT2D eigenvalue weighted by atomic mass is 16.4. The fourth-order valence-corrected chi connectivity index (χ4v) is 3.07. The van der Waals surface area contributed by atoms with Crippen LogP contribution in [0.25, 0.3) is 11.1 Å². The summed E-state index contributed by atoms with van der Waals surface area (Å²) in [6.07, 6.45) is 0.590. The quantitative estimate of drug-likeness (QED) is 0.715. The Kier molecular flexibility index (Phi) is 5.26. The van der Waals surface area contributed by atoms with E-state index in [2.05, 4.69) is 0 Å². The van der Waals surface area contributed by atoms with Gasteiger partial charge in [0.15, 0.2) is 0 Å². The number of aliphatic carboxylic acids is 1. The van der Waals surface area contributed by atoms with Crippen LogP contribution in [-0.4, -0.2) is 17.1 Å².